The van der Waals surface area contributed by atoms with Gasteiger partial charge >= 0.3 is 0 Å². The highest BCUT2D eigenvalue weighted by Gasteiger charge is 2.75. The second-order valence-electron chi connectivity index (χ2n) is 14.7. The van der Waals surface area contributed by atoms with E-state index in [1.54, 1.807) is 0 Å². The van der Waals surface area contributed by atoms with E-state index in [0.717, 1.165) is 24.4 Å². The Bertz CT molecular complexity index is 887. The van der Waals surface area contributed by atoms with Crippen LogP contribution in [0, 0.1) is 56.7 Å². The third-order valence-electron chi connectivity index (χ3n) is 13.7. The zero-order valence-electron chi connectivity index (χ0n) is 21.7. The lowest BCUT2D eigenvalue weighted by atomic mass is 9.32. The summed E-state index contributed by atoms with van der Waals surface area (Å²) in [6.45, 7) is 18.4. The molecule has 10 atom stereocenters. The number of ketones is 1. The third kappa shape index (κ3) is 2.13. The molecule has 0 bridgehead atoms. The van der Waals surface area contributed by atoms with Crippen LogP contribution in [0.1, 0.15) is 99.8 Å². The topological polar surface area (TPSA) is 26.3 Å². The van der Waals surface area contributed by atoms with Crippen LogP contribution in [-0.2, 0) is 9.53 Å². The lowest BCUT2D eigenvalue weighted by Crippen LogP contribution is -2.69. The summed E-state index contributed by atoms with van der Waals surface area (Å²) in [4.78, 5) is 13.6. The third-order valence-corrected chi connectivity index (χ3v) is 13.7. The number of hydrogen-bond acceptors (Lipinski definition) is 2. The number of rotatable bonds is 0. The highest BCUT2D eigenvalue weighted by molar-refractivity contribution is 5.96. The highest BCUT2D eigenvalue weighted by Crippen LogP contribution is 2.79. The van der Waals surface area contributed by atoms with E-state index in [-0.39, 0.29) is 21.8 Å². The Hall–Kier alpha value is -0.630. The first kappa shape index (κ1) is 21.9. The van der Waals surface area contributed by atoms with Crippen molar-refractivity contribution in [3.05, 3.63) is 12.2 Å². The van der Waals surface area contributed by atoms with Gasteiger partial charge in [-0.3, -0.25) is 4.79 Å². The van der Waals surface area contributed by atoms with Crippen LogP contribution in [0.2, 0.25) is 0 Å². The Morgan fingerprint density at radius 2 is 1.44 bits per heavy atom. The van der Waals surface area contributed by atoms with Crippen molar-refractivity contribution in [1.82, 2.24) is 0 Å². The van der Waals surface area contributed by atoms with E-state index in [1.165, 1.54) is 51.4 Å². The van der Waals surface area contributed by atoms with Crippen LogP contribution in [0.25, 0.3) is 0 Å². The summed E-state index contributed by atoms with van der Waals surface area (Å²) >= 11 is 0. The van der Waals surface area contributed by atoms with Gasteiger partial charge in [0.05, 0.1) is 12.2 Å². The van der Waals surface area contributed by atoms with Crippen LogP contribution in [0.3, 0.4) is 0 Å². The standard InChI is InChI=1S/C30H46O2/c1-19-18-32-30-17-16-27(5)22(28(30,6)14-10-20(19)30)8-9-23-26(27,4)15-11-21-25(2,3)13-12-24(31)29(21,23)7/h12-13,19-23H,8-11,14-18H2,1-7H3/t19-,20-,21+,22+,23+,26-,27-,28-,29+,30+/m1/s1. The number of hydrogen-bond donors (Lipinski definition) is 0. The summed E-state index contributed by atoms with van der Waals surface area (Å²) in [6, 6.07) is 0. The molecule has 1 heterocycles. The predicted molar refractivity (Wildman–Crippen MR) is 129 cm³/mol. The molecule has 0 amide bonds. The fourth-order valence-corrected chi connectivity index (χ4v) is 11.9. The van der Waals surface area contributed by atoms with Gasteiger partial charge in [0.2, 0.25) is 0 Å². The monoisotopic (exact) mass is 438 g/mol. The molecule has 6 rings (SSSR count). The van der Waals surface area contributed by atoms with Crippen molar-refractivity contribution in [1.29, 1.82) is 0 Å². The number of allylic oxidation sites excluding steroid dienone is 2. The summed E-state index contributed by atoms with van der Waals surface area (Å²) < 4.78 is 6.83. The number of ether oxygens (including phenoxy) is 1. The van der Waals surface area contributed by atoms with Gasteiger partial charge in [0.1, 0.15) is 0 Å². The largest absolute Gasteiger partial charge is 0.374 e. The van der Waals surface area contributed by atoms with Gasteiger partial charge in [0, 0.05) is 10.8 Å². The minimum atomic E-state index is -0.203. The Morgan fingerprint density at radius 1 is 0.781 bits per heavy atom. The van der Waals surface area contributed by atoms with Crippen molar-refractivity contribution in [3.63, 3.8) is 0 Å². The van der Waals surface area contributed by atoms with Gasteiger partial charge in [-0.25, -0.2) is 0 Å². The summed E-state index contributed by atoms with van der Waals surface area (Å²) in [5.41, 5.74) is 0.899. The molecule has 0 unspecified atom stereocenters. The summed E-state index contributed by atoms with van der Waals surface area (Å²) in [5.74, 6) is 3.61. The molecular formula is C30H46O2. The van der Waals surface area contributed by atoms with E-state index in [1.807, 2.05) is 6.08 Å². The van der Waals surface area contributed by atoms with E-state index >= 15 is 0 Å². The number of carbonyl (C=O) groups excluding carboxylic acids is 1. The van der Waals surface area contributed by atoms with Crippen LogP contribution >= 0.6 is 0 Å². The fourth-order valence-electron chi connectivity index (χ4n) is 11.9. The van der Waals surface area contributed by atoms with Crippen LogP contribution in [-0.4, -0.2) is 18.0 Å². The van der Waals surface area contributed by atoms with Crippen molar-refractivity contribution in [2.45, 2.75) is 105 Å². The first-order valence-electron chi connectivity index (χ1n) is 13.7. The average molecular weight is 439 g/mol. The molecular weight excluding hydrogens is 392 g/mol. The zero-order chi connectivity index (χ0) is 22.9. The molecule has 2 heteroatoms. The normalized spacial score (nSPS) is 60.2. The van der Waals surface area contributed by atoms with Crippen molar-refractivity contribution in [2.75, 3.05) is 6.61 Å². The van der Waals surface area contributed by atoms with Crippen LogP contribution in [0.15, 0.2) is 12.2 Å². The van der Waals surface area contributed by atoms with Gasteiger partial charge in [0.15, 0.2) is 5.78 Å². The summed E-state index contributed by atoms with van der Waals surface area (Å²) in [5, 5.41) is 0. The molecule has 5 aliphatic carbocycles. The van der Waals surface area contributed by atoms with Crippen LogP contribution < -0.4 is 0 Å². The lowest BCUT2D eigenvalue weighted by Gasteiger charge is -2.73. The fraction of sp³-hybridized carbons (Fsp3) is 0.900. The van der Waals surface area contributed by atoms with Gasteiger partial charge in [-0.05, 0) is 103 Å². The molecule has 0 aromatic rings. The van der Waals surface area contributed by atoms with E-state index in [4.69, 9.17) is 4.74 Å². The maximum absolute atomic E-state index is 13.6. The van der Waals surface area contributed by atoms with Gasteiger partial charge in [0.25, 0.3) is 0 Å². The predicted octanol–water partition coefficient (Wildman–Crippen LogP) is 7.22. The quantitative estimate of drug-likeness (QED) is 0.399. The molecule has 0 aromatic carbocycles. The van der Waals surface area contributed by atoms with Crippen LogP contribution in [0.4, 0.5) is 0 Å². The van der Waals surface area contributed by atoms with Crippen molar-refractivity contribution in [3.8, 4) is 0 Å². The molecule has 1 saturated heterocycles. The van der Waals surface area contributed by atoms with Gasteiger partial charge in [-0.2, -0.15) is 0 Å². The Labute approximate surface area is 196 Å². The molecule has 178 valence electrons. The molecule has 4 saturated carbocycles. The average Bonchev–Trinajstić information content (AvgIpc) is 3.21. The van der Waals surface area contributed by atoms with Crippen molar-refractivity contribution in [2.24, 2.45) is 56.7 Å². The minimum Gasteiger partial charge on any atom is -0.374 e. The molecule has 2 nitrogen and oxygen atoms in total. The molecule has 0 N–H and O–H groups in total. The lowest BCUT2D eigenvalue weighted by molar-refractivity contribution is -0.260. The van der Waals surface area contributed by atoms with Gasteiger partial charge < -0.3 is 4.74 Å². The van der Waals surface area contributed by atoms with Gasteiger partial charge in [-0.15, -0.1) is 0 Å². The SMILES string of the molecule is C[C@@H]1CO[C@]23CC[C@]4(C)[C@H](CC[C@@H]5[C@@]6(C)C(=O)C=CC(C)(C)[C@@H]6CC[C@]54C)[C@@]2(C)CC[C@H]13. The van der Waals surface area contributed by atoms with Crippen molar-refractivity contribution >= 4 is 5.78 Å². The first-order valence-corrected chi connectivity index (χ1v) is 13.7. The summed E-state index contributed by atoms with van der Waals surface area (Å²) in [7, 11) is 0. The molecule has 5 fully saturated rings. The molecule has 1 aliphatic heterocycles. The molecule has 1 spiro atoms. The van der Waals surface area contributed by atoms with E-state index in [2.05, 4.69) is 54.5 Å². The van der Waals surface area contributed by atoms with E-state index in [9.17, 15) is 4.79 Å². The van der Waals surface area contributed by atoms with Crippen LogP contribution in [0.5, 0.6) is 0 Å². The minimum absolute atomic E-state index is 0.122. The molecule has 0 aromatic heterocycles. The van der Waals surface area contributed by atoms with E-state index in [0.29, 0.717) is 28.4 Å². The smallest absolute Gasteiger partial charge is 0.161 e. The highest BCUT2D eigenvalue weighted by atomic mass is 16.5. The Balaban J connectivity index is 1.44. The van der Waals surface area contributed by atoms with E-state index < -0.39 is 0 Å². The molecule has 0 radical (unpaired) electrons. The molecule has 6 aliphatic rings. The second kappa shape index (κ2) is 6.13. The number of carbonyl (C=O) groups is 1. The van der Waals surface area contributed by atoms with Crippen molar-refractivity contribution < 1.29 is 9.53 Å². The maximum Gasteiger partial charge on any atom is 0.161 e. The first-order chi connectivity index (χ1) is 14.9. The van der Waals surface area contributed by atoms with Gasteiger partial charge in [-0.1, -0.05) is 54.5 Å². The zero-order valence-corrected chi connectivity index (χ0v) is 21.7. The second-order valence-corrected chi connectivity index (χ2v) is 14.7. The summed E-state index contributed by atoms with van der Waals surface area (Å²) in [6.07, 6.45) is 14.4. The molecule has 32 heavy (non-hydrogen) atoms. The number of fused-ring (bicyclic) bond motifs is 6. The Morgan fingerprint density at radius 3 is 2.19 bits per heavy atom. The Kier molecular flexibility index (Phi) is 4.19. The maximum atomic E-state index is 13.6.